The van der Waals surface area contributed by atoms with Gasteiger partial charge < -0.3 is 0 Å². The van der Waals surface area contributed by atoms with Crippen molar-refractivity contribution >= 4 is 21.2 Å². The lowest BCUT2D eigenvalue weighted by molar-refractivity contribution is 0.312. The summed E-state index contributed by atoms with van der Waals surface area (Å²) < 4.78 is 29.1. The molecule has 3 aromatic rings. The Kier molecular flexibility index (Phi) is 4.01. The fourth-order valence-corrected chi connectivity index (χ4v) is 4.95. The van der Waals surface area contributed by atoms with Gasteiger partial charge in [-0.05, 0) is 25.0 Å². The second kappa shape index (κ2) is 6.20. The molecule has 0 radical (unpaired) electrons. The van der Waals surface area contributed by atoms with Crippen molar-refractivity contribution in [2.75, 3.05) is 13.1 Å². The van der Waals surface area contributed by atoms with Crippen molar-refractivity contribution in [3.63, 3.8) is 0 Å². The largest absolute Gasteiger partial charge is 0.249 e. The maximum Gasteiger partial charge on any atom is 0.243 e. The van der Waals surface area contributed by atoms with Crippen LogP contribution in [-0.4, -0.2) is 45.6 Å². The topological polar surface area (TPSA) is 81.0 Å². The number of rotatable bonds is 3. The summed E-state index contributed by atoms with van der Waals surface area (Å²) in [6.45, 7) is 0.948. The highest BCUT2D eigenvalue weighted by Gasteiger charge is 2.33. The lowest BCUT2D eigenvalue weighted by atomic mass is 9.96. The van der Waals surface area contributed by atoms with Crippen LogP contribution in [0, 0.1) is 0 Å². The van der Waals surface area contributed by atoms with E-state index in [1.165, 1.54) is 0 Å². The van der Waals surface area contributed by atoms with Gasteiger partial charge in [0.05, 0.1) is 10.6 Å². The zero-order chi connectivity index (χ0) is 17.4. The average molecular weight is 357 g/mol. The number of benzene rings is 1. The van der Waals surface area contributed by atoms with Gasteiger partial charge in [-0.2, -0.15) is 9.40 Å². The molecule has 0 spiro atoms. The van der Waals surface area contributed by atoms with E-state index in [0.29, 0.717) is 18.0 Å². The first-order valence-electron chi connectivity index (χ1n) is 8.26. The Labute approximate surface area is 146 Å². The Balaban J connectivity index is 1.67. The normalized spacial score (nSPS) is 19.3. The molecule has 3 heterocycles. The van der Waals surface area contributed by atoms with Gasteiger partial charge in [0.2, 0.25) is 10.0 Å². The molecule has 1 unspecified atom stereocenters. The van der Waals surface area contributed by atoms with Crippen LogP contribution in [0.1, 0.15) is 24.5 Å². The van der Waals surface area contributed by atoms with Crippen LogP contribution in [-0.2, 0) is 17.1 Å². The van der Waals surface area contributed by atoms with Crippen LogP contribution in [0.2, 0.25) is 0 Å². The Morgan fingerprint density at radius 2 is 1.88 bits per heavy atom. The number of fused-ring (bicyclic) bond motifs is 1. The quantitative estimate of drug-likeness (QED) is 0.715. The number of sulfonamides is 1. The third-order valence-corrected chi connectivity index (χ3v) is 6.52. The fraction of sp³-hybridized carbons (Fsp3) is 0.353. The van der Waals surface area contributed by atoms with Crippen molar-refractivity contribution in [3.05, 3.63) is 48.4 Å². The fourth-order valence-electron chi connectivity index (χ4n) is 3.40. The minimum absolute atomic E-state index is 0.0210. The Hall–Kier alpha value is -2.32. The first-order chi connectivity index (χ1) is 12.1. The van der Waals surface area contributed by atoms with E-state index >= 15 is 0 Å². The second-order valence-electron chi connectivity index (χ2n) is 6.25. The summed E-state index contributed by atoms with van der Waals surface area (Å²) in [7, 11) is -1.65. The molecule has 1 aliphatic rings. The Morgan fingerprint density at radius 3 is 2.68 bits per heavy atom. The van der Waals surface area contributed by atoms with E-state index < -0.39 is 10.0 Å². The van der Waals surface area contributed by atoms with Gasteiger partial charge in [0, 0.05) is 38.4 Å². The van der Waals surface area contributed by atoms with E-state index in [2.05, 4.69) is 15.1 Å². The molecule has 0 saturated carbocycles. The molecule has 1 atom stereocenters. The maximum atomic E-state index is 12.9. The highest BCUT2D eigenvalue weighted by molar-refractivity contribution is 7.89. The molecule has 0 amide bonds. The first kappa shape index (κ1) is 16.2. The SMILES string of the molecule is Cn1nc(C2CCCN(S(=O)(=O)c3ccccc3)C2)c2nccnc21. The molecule has 0 aliphatic carbocycles. The summed E-state index contributed by atoms with van der Waals surface area (Å²) in [5.74, 6) is 0.0210. The molecule has 2 aromatic heterocycles. The van der Waals surface area contributed by atoms with Crippen molar-refractivity contribution < 1.29 is 8.42 Å². The van der Waals surface area contributed by atoms with Crippen molar-refractivity contribution in [1.82, 2.24) is 24.1 Å². The zero-order valence-corrected chi connectivity index (χ0v) is 14.7. The van der Waals surface area contributed by atoms with E-state index in [-0.39, 0.29) is 5.92 Å². The van der Waals surface area contributed by atoms with Gasteiger partial charge in [0.15, 0.2) is 5.65 Å². The molecule has 1 saturated heterocycles. The molecular formula is C17H19N5O2S. The summed E-state index contributed by atoms with van der Waals surface area (Å²) in [6.07, 6.45) is 4.98. The van der Waals surface area contributed by atoms with Crippen molar-refractivity contribution in [2.24, 2.45) is 7.05 Å². The molecule has 1 fully saturated rings. The second-order valence-corrected chi connectivity index (χ2v) is 8.19. The number of hydrogen-bond acceptors (Lipinski definition) is 5. The smallest absolute Gasteiger partial charge is 0.243 e. The van der Waals surface area contributed by atoms with Crippen LogP contribution < -0.4 is 0 Å². The third kappa shape index (κ3) is 2.81. The molecule has 25 heavy (non-hydrogen) atoms. The van der Waals surface area contributed by atoms with Gasteiger partial charge in [-0.3, -0.25) is 0 Å². The summed E-state index contributed by atoms with van der Waals surface area (Å²) in [4.78, 5) is 9.06. The lowest BCUT2D eigenvalue weighted by Gasteiger charge is -2.31. The Bertz CT molecular complexity index is 1000. The van der Waals surface area contributed by atoms with E-state index in [1.807, 2.05) is 13.1 Å². The minimum Gasteiger partial charge on any atom is -0.249 e. The lowest BCUT2D eigenvalue weighted by Crippen LogP contribution is -2.39. The zero-order valence-electron chi connectivity index (χ0n) is 13.9. The van der Waals surface area contributed by atoms with Gasteiger partial charge in [-0.15, -0.1) is 0 Å². The van der Waals surface area contributed by atoms with Crippen LogP contribution in [0.3, 0.4) is 0 Å². The summed E-state index contributed by atoms with van der Waals surface area (Å²) in [5, 5.41) is 4.57. The van der Waals surface area contributed by atoms with Gasteiger partial charge in [-0.1, -0.05) is 18.2 Å². The monoisotopic (exact) mass is 357 g/mol. The number of aromatic nitrogens is 4. The standard InChI is InChI=1S/C17H19N5O2S/c1-21-17-16(18-9-10-19-17)15(20-21)13-6-5-11-22(12-13)25(23,24)14-7-3-2-4-8-14/h2-4,7-10,13H,5-6,11-12H2,1H3. The summed E-state index contributed by atoms with van der Waals surface area (Å²) in [6, 6.07) is 8.59. The van der Waals surface area contributed by atoms with Crippen LogP contribution in [0.4, 0.5) is 0 Å². The van der Waals surface area contributed by atoms with Crippen LogP contribution in [0.5, 0.6) is 0 Å². The molecule has 0 N–H and O–H groups in total. The highest BCUT2D eigenvalue weighted by atomic mass is 32.2. The molecule has 0 bridgehead atoms. The molecule has 1 aliphatic heterocycles. The van der Waals surface area contributed by atoms with Crippen molar-refractivity contribution in [1.29, 1.82) is 0 Å². The molecular weight excluding hydrogens is 338 g/mol. The predicted molar refractivity (Wildman–Crippen MR) is 93.5 cm³/mol. The first-order valence-corrected chi connectivity index (χ1v) is 9.70. The molecule has 8 heteroatoms. The summed E-state index contributed by atoms with van der Waals surface area (Å²) >= 11 is 0. The van der Waals surface area contributed by atoms with Crippen LogP contribution >= 0.6 is 0 Å². The molecule has 4 rings (SSSR count). The van der Waals surface area contributed by atoms with Crippen LogP contribution in [0.25, 0.3) is 11.2 Å². The number of piperidine rings is 1. The maximum absolute atomic E-state index is 12.9. The molecule has 7 nitrogen and oxygen atoms in total. The Morgan fingerprint density at radius 1 is 1.12 bits per heavy atom. The average Bonchev–Trinajstić information content (AvgIpc) is 3.00. The van der Waals surface area contributed by atoms with E-state index in [0.717, 1.165) is 29.7 Å². The number of nitrogens with zero attached hydrogens (tertiary/aromatic N) is 5. The van der Waals surface area contributed by atoms with E-state index in [4.69, 9.17) is 0 Å². The van der Waals surface area contributed by atoms with Gasteiger partial charge in [-0.25, -0.2) is 23.1 Å². The molecule has 1 aromatic carbocycles. The van der Waals surface area contributed by atoms with Crippen LogP contribution in [0.15, 0.2) is 47.6 Å². The van der Waals surface area contributed by atoms with Gasteiger partial charge >= 0.3 is 0 Å². The van der Waals surface area contributed by atoms with E-state index in [9.17, 15) is 8.42 Å². The van der Waals surface area contributed by atoms with E-state index in [1.54, 1.807) is 45.6 Å². The van der Waals surface area contributed by atoms with Crippen molar-refractivity contribution in [3.8, 4) is 0 Å². The van der Waals surface area contributed by atoms with Gasteiger partial charge in [0.1, 0.15) is 5.52 Å². The van der Waals surface area contributed by atoms with Crippen molar-refractivity contribution in [2.45, 2.75) is 23.7 Å². The minimum atomic E-state index is -3.49. The van der Waals surface area contributed by atoms with Gasteiger partial charge in [0.25, 0.3) is 0 Å². The highest BCUT2D eigenvalue weighted by Crippen LogP contribution is 2.32. The number of aryl methyl sites for hydroxylation is 1. The molecule has 130 valence electrons. The number of hydrogen-bond donors (Lipinski definition) is 0. The summed E-state index contributed by atoms with van der Waals surface area (Å²) in [5.41, 5.74) is 2.31. The third-order valence-electron chi connectivity index (χ3n) is 4.64. The predicted octanol–water partition coefficient (Wildman–Crippen LogP) is 1.93.